The summed E-state index contributed by atoms with van der Waals surface area (Å²) in [5.74, 6) is 0.435. The van der Waals surface area contributed by atoms with Gasteiger partial charge in [-0.05, 0) is 43.3 Å². The number of fused-ring (bicyclic) bond motifs is 1. The summed E-state index contributed by atoms with van der Waals surface area (Å²) in [6.45, 7) is 3.29. The lowest BCUT2D eigenvalue weighted by atomic mass is 10.0. The van der Waals surface area contributed by atoms with E-state index in [0.29, 0.717) is 25.4 Å². The fourth-order valence-corrected chi connectivity index (χ4v) is 4.06. The summed E-state index contributed by atoms with van der Waals surface area (Å²) in [5, 5.41) is 8.54. The van der Waals surface area contributed by atoms with E-state index in [1.165, 1.54) is 6.42 Å². The van der Waals surface area contributed by atoms with Crippen LogP contribution in [0.2, 0.25) is 0 Å². The molecule has 2 saturated heterocycles. The molecule has 0 aliphatic carbocycles. The molecule has 2 atom stereocenters. The third-order valence-electron chi connectivity index (χ3n) is 5.57. The van der Waals surface area contributed by atoms with Gasteiger partial charge in [-0.2, -0.15) is 0 Å². The molecule has 2 fully saturated rings. The number of nitrogens with zero attached hydrogens (tertiary/aromatic N) is 1. The minimum absolute atomic E-state index is 0.00652. The summed E-state index contributed by atoms with van der Waals surface area (Å²) in [4.78, 5) is 26.8. The molecule has 2 aromatic rings. The zero-order valence-corrected chi connectivity index (χ0v) is 14.9. The van der Waals surface area contributed by atoms with Gasteiger partial charge in [-0.25, -0.2) is 0 Å². The maximum absolute atomic E-state index is 12.6. The number of hydrogen-bond acceptors (Lipinski definition) is 3. The molecule has 2 unspecified atom stereocenters. The fraction of sp³-hybridized carbons (Fsp3) is 0.429. The van der Waals surface area contributed by atoms with Crippen LogP contribution in [-0.4, -0.2) is 38.0 Å². The van der Waals surface area contributed by atoms with Gasteiger partial charge in [0, 0.05) is 24.9 Å². The Morgan fingerprint density at radius 2 is 2.04 bits per heavy atom. The Morgan fingerprint density at radius 1 is 1.19 bits per heavy atom. The van der Waals surface area contributed by atoms with Crippen molar-refractivity contribution in [3.63, 3.8) is 0 Å². The van der Waals surface area contributed by atoms with Gasteiger partial charge < -0.3 is 15.5 Å². The first kappa shape index (κ1) is 17.0. The third kappa shape index (κ3) is 3.44. The Hall–Kier alpha value is -2.40. The van der Waals surface area contributed by atoms with Crippen molar-refractivity contribution in [2.75, 3.05) is 31.1 Å². The van der Waals surface area contributed by atoms with E-state index in [0.717, 1.165) is 36.0 Å². The standard InChI is InChI=1S/C21H25N3O2/c25-20-12-17(21(26)23-11-9-15-8-10-22-13-15)14-24(20)19-7-3-5-16-4-1-2-6-18(16)19/h1-7,15,17,22H,8-14H2,(H,23,26). The predicted octanol–water partition coefficient (Wildman–Crippen LogP) is 2.31. The molecule has 0 radical (unpaired) electrons. The normalized spacial score (nSPS) is 22.9. The van der Waals surface area contributed by atoms with E-state index in [1.807, 2.05) is 42.5 Å². The zero-order chi connectivity index (χ0) is 17.9. The van der Waals surface area contributed by atoms with Crippen molar-refractivity contribution in [3.8, 4) is 0 Å². The van der Waals surface area contributed by atoms with E-state index in [2.05, 4.69) is 10.6 Å². The van der Waals surface area contributed by atoms with Gasteiger partial charge in [-0.15, -0.1) is 0 Å². The van der Waals surface area contributed by atoms with Crippen LogP contribution in [0.25, 0.3) is 10.8 Å². The molecule has 2 amide bonds. The third-order valence-corrected chi connectivity index (χ3v) is 5.57. The Labute approximate surface area is 153 Å². The van der Waals surface area contributed by atoms with Crippen LogP contribution >= 0.6 is 0 Å². The number of rotatable bonds is 5. The van der Waals surface area contributed by atoms with Gasteiger partial charge in [-0.1, -0.05) is 36.4 Å². The topological polar surface area (TPSA) is 61.4 Å². The summed E-state index contributed by atoms with van der Waals surface area (Å²) >= 11 is 0. The van der Waals surface area contributed by atoms with Crippen LogP contribution in [0.3, 0.4) is 0 Å². The SMILES string of the molecule is O=C(NCCC1CCNC1)C1CC(=O)N(c2cccc3ccccc23)C1. The van der Waals surface area contributed by atoms with Crippen molar-refractivity contribution in [1.82, 2.24) is 10.6 Å². The van der Waals surface area contributed by atoms with Crippen molar-refractivity contribution < 1.29 is 9.59 Å². The van der Waals surface area contributed by atoms with Gasteiger partial charge in [0.15, 0.2) is 0 Å². The van der Waals surface area contributed by atoms with Crippen LogP contribution in [0.5, 0.6) is 0 Å². The van der Waals surface area contributed by atoms with Crippen molar-refractivity contribution in [1.29, 1.82) is 0 Å². The zero-order valence-electron chi connectivity index (χ0n) is 14.9. The summed E-state index contributed by atoms with van der Waals surface area (Å²) in [6.07, 6.45) is 2.49. The number of carbonyl (C=O) groups is 2. The molecule has 2 aromatic carbocycles. The number of hydrogen-bond donors (Lipinski definition) is 2. The van der Waals surface area contributed by atoms with E-state index in [9.17, 15) is 9.59 Å². The highest BCUT2D eigenvalue weighted by Crippen LogP contribution is 2.31. The van der Waals surface area contributed by atoms with Crippen LogP contribution in [0, 0.1) is 11.8 Å². The van der Waals surface area contributed by atoms with Gasteiger partial charge >= 0.3 is 0 Å². The van der Waals surface area contributed by atoms with E-state index >= 15 is 0 Å². The summed E-state index contributed by atoms with van der Waals surface area (Å²) in [6, 6.07) is 14.0. The maximum Gasteiger partial charge on any atom is 0.227 e. The van der Waals surface area contributed by atoms with Crippen LogP contribution in [-0.2, 0) is 9.59 Å². The Kier molecular flexibility index (Phi) is 4.89. The van der Waals surface area contributed by atoms with E-state index < -0.39 is 0 Å². The molecule has 4 rings (SSSR count). The summed E-state index contributed by atoms with van der Waals surface area (Å²) < 4.78 is 0. The van der Waals surface area contributed by atoms with Gasteiger partial charge in [0.1, 0.15) is 0 Å². The van der Waals surface area contributed by atoms with Crippen molar-refractivity contribution in [3.05, 3.63) is 42.5 Å². The highest BCUT2D eigenvalue weighted by atomic mass is 16.2. The molecule has 2 aliphatic rings. The maximum atomic E-state index is 12.6. The minimum Gasteiger partial charge on any atom is -0.356 e. The second-order valence-corrected chi connectivity index (χ2v) is 7.34. The second-order valence-electron chi connectivity index (χ2n) is 7.34. The smallest absolute Gasteiger partial charge is 0.227 e. The molecule has 0 aromatic heterocycles. The number of nitrogens with one attached hydrogen (secondary N) is 2. The largest absolute Gasteiger partial charge is 0.356 e. The van der Waals surface area contributed by atoms with Crippen molar-refractivity contribution in [2.24, 2.45) is 11.8 Å². The molecular formula is C21H25N3O2. The minimum atomic E-state index is -0.261. The Balaban J connectivity index is 1.40. The van der Waals surface area contributed by atoms with Crippen molar-refractivity contribution >= 4 is 28.3 Å². The number of benzene rings is 2. The molecule has 2 aliphatic heterocycles. The molecule has 5 heteroatoms. The van der Waals surface area contributed by atoms with Crippen LogP contribution < -0.4 is 15.5 Å². The molecule has 0 spiro atoms. The number of amides is 2. The average molecular weight is 351 g/mol. The molecule has 0 bridgehead atoms. The first-order valence-electron chi connectivity index (χ1n) is 9.49. The lowest BCUT2D eigenvalue weighted by molar-refractivity contribution is -0.126. The van der Waals surface area contributed by atoms with Crippen LogP contribution in [0.1, 0.15) is 19.3 Å². The molecule has 26 heavy (non-hydrogen) atoms. The number of anilines is 1. The highest BCUT2D eigenvalue weighted by molar-refractivity contribution is 6.06. The molecular weight excluding hydrogens is 326 g/mol. The fourth-order valence-electron chi connectivity index (χ4n) is 4.06. The number of carbonyl (C=O) groups excluding carboxylic acids is 2. The van der Waals surface area contributed by atoms with Crippen molar-refractivity contribution in [2.45, 2.75) is 19.3 Å². The summed E-state index contributed by atoms with van der Waals surface area (Å²) in [5.41, 5.74) is 0.903. The summed E-state index contributed by atoms with van der Waals surface area (Å²) in [7, 11) is 0. The molecule has 0 saturated carbocycles. The van der Waals surface area contributed by atoms with Crippen LogP contribution in [0.15, 0.2) is 42.5 Å². The first-order chi connectivity index (χ1) is 12.7. The monoisotopic (exact) mass is 351 g/mol. The molecule has 136 valence electrons. The predicted molar refractivity (Wildman–Crippen MR) is 103 cm³/mol. The van der Waals surface area contributed by atoms with Gasteiger partial charge in [0.2, 0.25) is 11.8 Å². The lowest BCUT2D eigenvalue weighted by Crippen LogP contribution is -2.34. The van der Waals surface area contributed by atoms with Gasteiger partial charge in [-0.3, -0.25) is 9.59 Å². The second kappa shape index (κ2) is 7.46. The average Bonchev–Trinajstić information content (AvgIpc) is 3.31. The molecule has 5 nitrogen and oxygen atoms in total. The van der Waals surface area contributed by atoms with Gasteiger partial charge in [0.05, 0.1) is 11.6 Å². The van der Waals surface area contributed by atoms with E-state index in [-0.39, 0.29) is 17.7 Å². The highest BCUT2D eigenvalue weighted by Gasteiger charge is 2.35. The van der Waals surface area contributed by atoms with E-state index in [1.54, 1.807) is 4.90 Å². The quantitative estimate of drug-likeness (QED) is 0.869. The lowest BCUT2D eigenvalue weighted by Gasteiger charge is -2.19. The molecule has 2 N–H and O–H groups in total. The van der Waals surface area contributed by atoms with Crippen LogP contribution in [0.4, 0.5) is 5.69 Å². The van der Waals surface area contributed by atoms with E-state index in [4.69, 9.17) is 0 Å². The first-order valence-corrected chi connectivity index (χ1v) is 9.49. The molecule has 2 heterocycles. The Bertz CT molecular complexity index is 809. The van der Waals surface area contributed by atoms with Gasteiger partial charge in [0.25, 0.3) is 0 Å². The Morgan fingerprint density at radius 3 is 2.88 bits per heavy atom.